The highest BCUT2D eigenvalue weighted by atomic mass is 19.1. The van der Waals surface area contributed by atoms with Crippen molar-refractivity contribution in [3.8, 4) is 11.1 Å². The van der Waals surface area contributed by atoms with E-state index >= 15 is 0 Å². The molecule has 1 aliphatic carbocycles. The number of fused-ring (bicyclic) bond motifs is 3. The van der Waals surface area contributed by atoms with Crippen molar-refractivity contribution >= 4 is 0 Å². The van der Waals surface area contributed by atoms with Crippen LogP contribution in [0, 0.1) is 11.6 Å². The van der Waals surface area contributed by atoms with Gasteiger partial charge in [0.1, 0.15) is 11.6 Å². The zero-order valence-corrected chi connectivity index (χ0v) is 11.7. The second-order valence-electron chi connectivity index (χ2n) is 5.00. The molecule has 3 rings (SSSR count). The molecule has 0 radical (unpaired) electrons. The molecule has 0 heterocycles. The third-order valence-corrected chi connectivity index (χ3v) is 3.60. The maximum Gasteiger partial charge on any atom is 0.123 e. The zero-order valence-electron chi connectivity index (χ0n) is 11.7. The van der Waals surface area contributed by atoms with Crippen LogP contribution in [0.15, 0.2) is 36.4 Å². The standard InChI is InChI=1S/C15H12F2.C2H6/c1-15(2)13-7-9(16)3-5-11(13)12-6-4-10(17)8-14(12)15;1-2/h3-8H,1-2H3;1-2H3. The van der Waals surface area contributed by atoms with Crippen LogP contribution in [0.4, 0.5) is 8.78 Å². The van der Waals surface area contributed by atoms with E-state index in [9.17, 15) is 8.78 Å². The largest absolute Gasteiger partial charge is 0.207 e. The summed E-state index contributed by atoms with van der Waals surface area (Å²) in [6.45, 7) is 7.99. The Morgan fingerprint density at radius 3 is 1.47 bits per heavy atom. The van der Waals surface area contributed by atoms with Gasteiger partial charge in [0.2, 0.25) is 0 Å². The Morgan fingerprint density at radius 1 is 0.737 bits per heavy atom. The van der Waals surface area contributed by atoms with Crippen molar-refractivity contribution < 1.29 is 8.78 Å². The van der Waals surface area contributed by atoms with Gasteiger partial charge in [0.05, 0.1) is 0 Å². The van der Waals surface area contributed by atoms with Gasteiger partial charge in [0.15, 0.2) is 0 Å². The molecule has 1 aliphatic rings. The average molecular weight is 260 g/mol. The summed E-state index contributed by atoms with van der Waals surface area (Å²) in [7, 11) is 0. The maximum atomic E-state index is 13.3. The van der Waals surface area contributed by atoms with E-state index < -0.39 is 0 Å². The molecule has 0 spiro atoms. The van der Waals surface area contributed by atoms with Crippen molar-refractivity contribution in [1.82, 2.24) is 0 Å². The molecule has 0 fully saturated rings. The van der Waals surface area contributed by atoms with Gasteiger partial charge in [-0.05, 0) is 46.5 Å². The zero-order chi connectivity index (χ0) is 14.2. The maximum absolute atomic E-state index is 13.3. The number of benzene rings is 2. The third kappa shape index (κ3) is 2.05. The summed E-state index contributed by atoms with van der Waals surface area (Å²) >= 11 is 0. The highest BCUT2D eigenvalue weighted by molar-refractivity contribution is 5.80. The van der Waals surface area contributed by atoms with Gasteiger partial charge in [0.25, 0.3) is 0 Å². The summed E-state index contributed by atoms with van der Waals surface area (Å²) in [5.41, 5.74) is 3.53. The van der Waals surface area contributed by atoms with Gasteiger partial charge in [-0.15, -0.1) is 0 Å². The van der Waals surface area contributed by atoms with Crippen molar-refractivity contribution in [3.05, 3.63) is 59.2 Å². The quantitative estimate of drug-likeness (QED) is 0.603. The van der Waals surface area contributed by atoms with Crippen LogP contribution in [0.5, 0.6) is 0 Å². The summed E-state index contributed by atoms with van der Waals surface area (Å²) in [5, 5.41) is 0. The predicted molar refractivity (Wildman–Crippen MR) is 75.3 cm³/mol. The van der Waals surface area contributed by atoms with E-state index in [4.69, 9.17) is 0 Å². The van der Waals surface area contributed by atoms with Gasteiger partial charge in [-0.3, -0.25) is 0 Å². The first-order chi connectivity index (χ1) is 9.00. The van der Waals surface area contributed by atoms with E-state index in [0.717, 1.165) is 22.3 Å². The number of hydrogen-bond acceptors (Lipinski definition) is 0. The molecule has 2 heteroatoms. The molecule has 2 aromatic carbocycles. The van der Waals surface area contributed by atoms with Gasteiger partial charge in [0, 0.05) is 5.41 Å². The van der Waals surface area contributed by atoms with E-state index in [0.29, 0.717) is 0 Å². The Hall–Kier alpha value is -1.70. The predicted octanol–water partition coefficient (Wildman–Crippen LogP) is 5.30. The molecular formula is C17H18F2. The first kappa shape index (κ1) is 13.7. The van der Waals surface area contributed by atoms with Gasteiger partial charge in [-0.1, -0.05) is 39.8 Å². The second-order valence-corrected chi connectivity index (χ2v) is 5.00. The van der Waals surface area contributed by atoms with Crippen molar-refractivity contribution in [1.29, 1.82) is 0 Å². The number of rotatable bonds is 0. The first-order valence-corrected chi connectivity index (χ1v) is 6.60. The minimum absolute atomic E-state index is 0.245. The van der Waals surface area contributed by atoms with Crippen LogP contribution in [0.1, 0.15) is 38.8 Å². The normalized spacial score (nSPS) is 14.2. The Labute approximate surface area is 113 Å². The molecule has 19 heavy (non-hydrogen) atoms. The lowest BCUT2D eigenvalue weighted by Crippen LogP contribution is -2.15. The van der Waals surface area contributed by atoms with Crippen molar-refractivity contribution in [3.63, 3.8) is 0 Å². The van der Waals surface area contributed by atoms with Crippen LogP contribution < -0.4 is 0 Å². The van der Waals surface area contributed by atoms with E-state index in [2.05, 4.69) is 0 Å². The fourth-order valence-corrected chi connectivity index (χ4v) is 2.68. The van der Waals surface area contributed by atoms with Crippen LogP contribution in [0.2, 0.25) is 0 Å². The van der Waals surface area contributed by atoms with Crippen LogP contribution in [-0.2, 0) is 5.41 Å². The molecule has 0 saturated heterocycles. The minimum atomic E-state index is -0.338. The topological polar surface area (TPSA) is 0 Å². The fraction of sp³-hybridized carbons (Fsp3) is 0.294. The van der Waals surface area contributed by atoms with Crippen LogP contribution in [0.25, 0.3) is 11.1 Å². The molecular weight excluding hydrogens is 242 g/mol. The molecule has 0 N–H and O–H groups in total. The van der Waals surface area contributed by atoms with Gasteiger partial charge in [-0.2, -0.15) is 0 Å². The Kier molecular flexibility index (Phi) is 3.44. The summed E-state index contributed by atoms with van der Waals surface area (Å²) < 4.78 is 26.7. The molecule has 0 amide bonds. The molecule has 0 aliphatic heterocycles. The van der Waals surface area contributed by atoms with Crippen molar-refractivity contribution in [2.45, 2.75) is 33.1 Å². The van der Waals surface area contributed by atoms with E-state index in [1.807, 2.05) is 27.7 Å². The lowest BCUT2D eigenvalue weighted by molar-refractivity contribution is 0.599. The Morgan fingerprint density at radius 2 is 1.11 bits per heavy atom. The summed E-state index contributed by atoms with van der Waals surface area (Å²) in [5.74, 6) is -0.491. The highest BCUT2D eigenvalue weighted by Gasteiger charge is 2.35. The van der Waals surface area contributed by atoms with Crippen LogP contribution >= 0.6 is 0 Å². The smallest absolute Gasteiger partial charge is 0.123 e. The lowest BCUT2D eigenvalue weighted by atomic mass is 9.82. The lowest BCUT2D eigenvalue weighted by Gasteiger charge is -2.21. The Bertz CT molecular complexity index is 559. The molecule has 0 unspecified atom stereocenters. The van der Waals surface area contributed by atoms with Crippen LogP contribution in [0.3, 0.4) is 0 Å². The summed E-state index contributed by atoms with van der Waals surface area (Å²) in [6.07, 6.45) is 0. The minimum Gasteiger partial charge on any atom is -0.207 e. The SMILES string of the molecule is CC.CC1(C)c2cc(F)ccc2-c2ccc(F)cc21. The molecule has 0 saturated carbocycles. The average Bonchev–Trinajstić information content (AvgIpc) is 2.61. The highest BCUT2D eigenvalue weighted by Crippen LogP contribution is 2.48. The summed E-state index contributed by atoms with van der Waals surface area (Å²) in [4.78, 5) is 0. The van der Waals surface area contributed by atoms with Crippen LogP contribution in [-0.4, -0.2) is 0 Å². The van der Waals surface area contributed by atoms with Gasteiger partial charge in [-0.25, -0.2) is 8.78 Å². The van der Waals surface area contributed by atoms with Gasteiger partial charge >= 0.3 is 0 Å². The molecule has 0 nitrogen and oxygen atoms in total. The van der Waals surface area contributed by atoms with E-state index in [-0.39, 0.29) is 17.0 Å². The summed E-state index contributed by atoms with van der Waals surface area (Å²) in [6, 6.07) is 9.55. The van der Waals surface area contributed by atoms with E-state index in [1.165, 1.54) is 12.1 Å². The third-order valence-electron chi connectivity index (χ3n) is 3.60. The van der Waals surface area contributed by atoms with Gasteiger partial charge < -0.3 is 0 Å². The van der Waals surface area contributed by atoms with Crippen molar-refractivity contribution in [2.24, 2.45) is 0 Å². The monoisotopic (exact) mass is 260 g/mol. The first-order valence-electron chi connectivity index (χ1n) is 6.60. The number of hydrogen-bond donors (Lipinski definition) is 0. The van der Waals surface area contributed by atoms with Crippen molar-refractivity contribution in [2.75, 3.05) is 0 Å². The van der Waals surface area contributed by atoms with E-state index in [1.54, 1.807) is 24.3 Å². The second kappa shape index (κ2) is 4.76. The molecule has 2 aromatic rings. The molecule has 100 valence electrons. The molecule has 0 aromatic heterocycles. The molecule has 0 bridgehead atoms. The fourth-order valence-electron chi connectivity index (χ4n) is 2.68. The molecule has 0 atom stereocenters. The Balaban J connectivity index is 0.000000637. The number of halogens is 2.